The van der Waals surface area contributed by atoms with Crippen LogP contribution in [0.3, 0.4) is 0 Å². The molecule has 1 N–H and O–H groups in total. The normalized spacial score (nSPS) is 19.6. The molecule has 1 aliphatic heterocycles. The van der Waals surface area contributed by atoms with Crippen LogP contribution in [0.5, 0.6) is 0 Å². The summed E-state index contributed by atoms with van der Waals surface area (Å²) < 4.78 is 1.52. The summed E-state index contributed by atoms with van der Waals surface area (Å²) in [5.41, 5.74) is -0.0956. The molecule has 1 aromatic rings. The molecule has 5 nitrogen and oxygen atoms in total. The van der Waals surface area contributed by atoms with Crippen molar-refractivity contribution in [3.05, 3.63) is 34.7 Å². The van der Waals surface area contributed by atoms with Crippen LogP contribution in [0.2, 0.25) is 0 Å². The molecule has 0 radical (unpaired) electrons. The number of β-amino-alcohol motifs (C(OH)–C–C–N with tert-alkyl or cyclic N) is 1. The monoisotopic (exact) mass is 236 g/mol. The van der Waals surface area contributed by atoms with Gasteiger partial charge in [0.15, 0.2) is 0 Å². The van der Waals surface area contributed by atoms with Gasteiger partial charge in [-0.15, -0.1) is 0 Å². The Morgan fingerprint density at radius 2 is 2.29 bits per heavy atom. The number of likely N-dealkylation sites (tertiary alicyclic amines) is 1. The number of aromatic nitrogens is 1. The molecule has 1 fully saturated rings. The first-order chi connectivity index (χ1) is 8.16. The molecule has 0 aliphatic carbocycles. The highest BCUT2D eigenvalue weighted by molar-refractivity contribution is 5.76. The van der Waals surface area contributed by atoms with Gasteiger partial charge in [0.1, 0.15) is 0 Å². The highest BCUT2D eigenvalue weighted by Gasteiger charge is 2.23. The lowest BCUT2D eigenvalue weighted by atomic mass is 10.3. The van der Waals surface area contributed by atoms with E-state index in [-0.39, 0.29) is 11.5 Å². The number of hydrogen-bond acceptors (Lipinski definition) is 3. The van der Waals surface area contributed by atoms with Gasteiger partial charge in [-0.2, -0.15) is 0 Å². The highest BCUT2D eigenvalue weighted by atomic mass is 16.3. The predicted molar refractivity (Wildman–Crippen MR) is 62.5 cm³/mol. The van der Waals surface area contributed by atoms with E-state index in [0.29, 0.717) is 32.5 Å². The second kappa shape index (κ2) is 5.14. The molecule has 5 heteroatoms. The van der Waals surface area contributed by atoms with Crippen LogP contribution in [0.1, 0.15) is 12.8 Å². The van der Waals surface area contributed by atoms with Crippen LogP contribution in [0.4, 0.5) is 0 Å². The van der Waals surface area contributed by atoms with E-state index >= 15 is 0 Å². The fraction of sp³-hybridized carbons (Fsp3) is 0.500. The van der Waals surface area contributed by atoms with Crippen molar-refractivity contribution >= 4 is 5.91 Å². The molecule has 0 saturated carbocycles. The molecule has 1 unspecified atom stereocenters. The van der Waals surface area contributed by atoms with E-state index in [2.05, 4.69) is 0 Å². The van der Waals surface area contributed by atoms with Crippen LogP contribution >= 0.6 is 0 Å². The predicted octanol–water partition coefficient (Wildman–Crippen LogP) is -0.168. The third-order valence-corrected chi connectivity index (χ3v) is 2.98. The van der Waals surface area contributed by atoms with Gasteiger partial charge in [-0.05, 0) is 12.5 Å². The lowest BCUT2D eigenvalue weighted by Crippen LogP contribution is -2.31. The lowest BCUT2D eigenvalue weighted by Gasteiger charge is -2.15. The fourth-order valence-corrected chi connectivity index (χ4v) is 1.99. The van der Waals surface area contributed by atoms with Crippen molar-refractivity contribution in [1.82, 2.24) is 9.47 Å². The number of carbonyl (C=O) groups excluding carboxylic acids is 1. The van der Waals surface area contributed by atoms with Crippen LogP contribution in [0, 0.1) is 0 Å². The van der Waals surface area contributed by atoms with E-state index < -0.39 is 6.10 Å². The van der Waals surface area contributed by atoms with Crippen LogP contribution in [0.25, 0.3) is 0 Å². The molecule has 0 spiro atoms. The first-order valence-electron chi connectivity index (χ1n) is 5.78. The molecular weight excluding hydrogens is 220 g/mol. The van der Waals surface area contributed by atoms with Crippen LogP contribution in [-0.2, 0) is 11.3 Å². The summed E-state index contributed by atoms with van der Waals surface area (Å²) in [5.74, 6) is -0.00250. The summed E-state index contributed by atoms with van der Waals surface area (Å²) in [7, 11) is 0. The maximum absolute atomic E-state index is 11.8. The second-order valence-corrected chi connectivity index (χ2v) is 4.26. The average Bonchev–Trinajstić information content (AvgIpc) is 2.74. The Kier molecular flexibility index (Phi) is 3.58. The molecule has 1 amide bonds. The minimum absolute atomic E-state index is 0.00250. The average molecular weight is 236 g/mol. The lowest BCUT2D eigenvalue weighted by molar-refractivity contribution is -0.130. The molecule has 17 heavy (non-hydrogen) atoms. The van der Waals surface area contributed by atoms with Crippen LogP contribution in [-0.4, -0.2) is 39.7 Å². The van der Waals surface area contributed by atoms with E-state index in [1.165, 1.54) is 10.6 Å². The minimum atomic E-state index is -0.390. The Morgan fingerprint density at radius 1 is 1.47 bits per heavy atom. The summed E-state index contributed by atoms with van der Waals surface area (Å²) in [6.45, 7) is 1.43. The molecule has 92 valence electrons. The smallest absolute Gasteiger partial charge is 0.250 e. The maximum atomic E-state index is 11.8. The third kappa shape index (κ3) is 2.94. The van der Waals surface area contributed by atoms with E-state index in [1.54, 1.807) is 23.2 Å². The zero-order chi connectivity index (χ0) is 12.3. The quantitative estimate of drug-likeness (QED) is 0.792. The Hall–Kier alpha value is -1.62. The van der Waals surface area contributed by atoms with E-state index in [0.717, 1.165) is 0 Å². The van der Waals surface area contributed by atoms with Gasteiger partial charge >= 0.3 is 0 Å². The van der Waals surface area contributed by atoms with Gasteiger partial charge in [0, 0.05) is 38.3 Å². The Labute approximate surface area is 99.3 Å². The number of aliphatic hydroxyl groups excluding tert-OH is 1. The van der Waals surface area contributed by atoms with Gasteiger partial charge in [-0.3, -0.25) is 9.59 Å². The number of pyridine rings is 1. The second-order valence-electron chi connectivity index (χ2n) is 4.26. The fourth-order valence-electron chi connectivity index (χ4n) is 1.99. The van der Waals surface area contributed by atoms with Crippen molar-refractivity contribution in [3.63, 3.8) is 0 Å². The SMILES string of the molecule is O=C(CCn1ccccc1=O)N1CCC(O)C1. The van der Waals surface area contributed by atoms with E-state index in [9.17, 15) is 14.7 Å². The topological polar surface area (TPSA) is 62.5 Å². The Bertz CT molecular complexity index is 455. The number of nitrogens with zero attached hydrogens (tertiary/aromatic N) is 2. The summed E-state index contributed by atoms with van der Waals surface area (Å²) in [4.78, 5) is 24.8. The van der Waals surface area contributed by atoms with Crippen molar-refractivity contribution in [3.8, 4) is 0 Å². The molecule has 1 aliphatic rings. The number of aliphatic hydroxyl groups is 1. The van der Waals surface area contributed by atoms with Crippen molar-refractivity contribution in [1.29, 1.82) is 0 Å². The first kappa shape index (κ1) is 11.9. The summed E-state index contributed by atoms with van der Waals surface area (Å²) in [6.07, 6.45) is 2.24. The van der Waals surface area contributed by atoms with Crippen molar-refractivity contribution in [2.24, 2.45) is 0 Å². The zero-order valence-electron chi connectivity index (χ0n) is 9.58. The molecule has 2 rings (SSSR count). The molecular formula is C12H16N2O3. The summed E-state index contributed by atoms with van der Waals surface area (Å²) >= 11 is 0. The van der Waals surface area contributed by atoms with Gasteiger partial charge < -0.3 is 14.6 Å². The zero-order valence-corrected chi connectivity index (χ0v) is 9.58. The Balaban J connectivity index is 1.88. The van der Waals surface area contributed by atoms with E-state index in [1.807, 2.05) is 0 Å². The summed E-state index contributed by atoms with van der Waals surface area (Å²) in [6, 6.07) is 4.92. The number of carbonyl (C=O) groups is 1. The Morgan fingerprint density at radius 3 is 2.94 bits per heavy atom. The molecule has 1 saturated heterocycles. The van der Waals surface area contributed by atoms with Gasteiger partial charge in [0.2, 0.25) is 5.91 Å². The van der Waals surface area contributed by atoms with Gasteiger partial charge in [-0.25, -0.2) is 0 Å². The maximum Gasteiger partial charge on any atom is 0.250 e. The van der Waals surface area contributed by atoms with Gasteiger partial charge in [0.25, 0.3) is 5.56 Å². The van der Waals surface area contributed by atoms with Crippen molar-refractivity contribution in [2.75, 3.05) is 13.1 Å². The molecule has 0 aromatic carbocycles. The molecule has 1 aromatic heterocycles. The van der Waals surface area contributed by atoms with Crippen LogP contribution in [0.15, 0.2) is 29.2 Å². The van der Waals surface area contributed by atoms with Crippen molar-refractivity contribution < 1.29 is 9.90 Å². The number of rotatable bonds is 3. The van der Waals surface area contributed by atoms with Gasteiger partial charge in [0.05, 0.1) is 6.10 Å². The van der Waals surface area contributed by atoms with Crippen LogP contribution < -0.4 is 5.56 Å². The molecule has 2 heterocycles. The van der Waals surface area contributed by atoms with Gasteiger partial charge in [-0.1, -0.05) is 6.07 Å². The molecule has 0 bridgehead atoms. The number of amides is 1. The largest absolute Gasteiger partial charge is 0.391 e. The third-order valence-electron chi connectivity index (χ3n) is 2.98. The summed E-state index contributed by atoms with van der Waals surface area (Å²) in [5, 5.41) is 9.33. The first-order valence-corrected chi connectivity index (χ1v) is 5.78. The van der Waals surface area contributed by atoms with Crippen molar-refractivity contribution in [2.45, 2.75) is 25.5 Å². The molecule has 1 atom stereocenters. The standard InChI is InChI=1S/C12H16N2O3/c15-10-4-7-14(9-10)12(17)5-8-13-6-2-1-3-11(13)16/h1-3,6,10,15H,4-5,7-9H2. The number of aryl methyl sites for hydroxylation is 1. The highest BCUT2D eigenvalue weighted by Crippen LogP contribution is 2.10. The number of hydrogen-bond donors (Lipinski definition) is 1. The van der Waals surface area contributed by atoms with E-state index in [4.69, 9.17) is 0 Å². The minimum Gasteiger partial charge on any atom is -0.391 e.